The van der Waals surface area contributed by atoms with Crippen LogP contribution in [0.5, 0.6) is 5.75 Å². The molecule has 4 heteroatoms. The molecule has 0 bridgehead atoms. The van der Waals surface area contributed by atoms with E-state index in [1.165, 1.54) is 44.5 Å². The standard InChI is InChI=1S/C62H63N3O/c1-58(2,3)41-25-28-50(43(34-41)38-22-18-15-19-23-38)65-51-29-27-47-53(54(51)64-57(65)45-35-42(59(4,5)6)36-48(55(45)66)60(7,8)9)52-44-32-40(24-26-46(44)61(10,11)56(52)62(47,12)13)49-33-39(30-31-63-49)37-20-16-14-17-21-37/h14-36,66H,1-13H3. The number of phenols is 1. The quantitative estimate of drug-likeness (QED) is 0.187. The van der Waals surface area contributed by atoms with Crippen LogP contribution in [0.1, 0.15) is 129 Å². The summed E-state index contributed by atoms with van der Waals surface area (Å²) in [6.45, 7) is 29.7. The van der Waals surface area contributed by atoms with Crippen molar-refractivity contribution in [2.45, 2.75) is 117 Å². The fraction of sp³-hybridized carbons (Fsp3) is 0.290. The van der Waals surface area contributed by atoms with Gasteiger partial charge in [0.05, 0.1) is 28.0 Å². The number of imidazole rings is 1. The Balaban J connectivity index is 1.30. The minimum atomic E-state index is -0.322. The molecular formula is C62H63N3O. The van der Waals surface area contributed by atoms with Crippen molar-refractivity contribution >= 4 is 16.6 Å². The van der Waals surface area contributed by atoms with Crippen LogP contribution in [-0.2, 0) is 27.1 Å². The van der Waals surface area contributed by atoms with Gasteiger partial charge in [-0.1, -0.05) is 181 Å². The average Bonchev–Trinajstić information content (AvgIpc) is 3.86. The monoisotopic (exact) mass is 865 g/mol. The second-order valence-corrected chi connectivity index (χ2v) is 23.0. The zero-order valence-corrected chi connectivity index (χ0v) is 41.1. The molecule has 1 N–H and O–H groups in total. The van der Waals surface area contributed by atoms with Crippen molar-refractivity contribution in [3.63, 3.8) is 0 Å². The Bertz CT molecular complexity index is 3290. The summed E-state index contributed by atoms with van der Waals surface area (Å²) >= 11 is 0. The first kappa shape index (κ1) is 43.4. The van der Waals surface area contributed by atoms with E-state index in [0.717, 1.165) is 67.2 Å². The fourth-order valence-electron chi connectivity index (χ4n) is 11.1. The van der Waals surface area contributed by atoms with Gasteiger partial charge in [0.25, 0.3) is 0 Å². The topological polar surface area (TPSA) is 50.9 Å². The summed E-state index contributed by atoms with van der Waals surface area (Å²) in [7, 11) is 0. The van der Waals surface area contributed by atoms with E-state index in [1.54, 1.807) is 0 Å². The molecule has 10 rings (SSSR count). The van der Waals surface area contributed by atoms with E-state index < -0.39 is 0 Å². The highest BCUT2D eigenvalue weighted by Gasteiger charge is 2.51. The first-order valence-corrected chi connectivity index (χ1v) is 23.6. The van der Waals surface area contributed by atoms with Gasteiger partial charge in [0, 0.05) is 39.3 Å². The predicted octanol–water partition coefficient (Wildman–Crippen LogP) is 16.1. The third-order valence-corrected chi connectivity index (χ3v) is 14.6. The number of phenolic OH excluding ortho intramolecular Hbond substituents is 1. The fourth-order valence-corrected chi connectivity index (χ4v) is 11.1. The van der Waals surface area contributed by atoms with Gasteiger partial charge in [0.2, 0.25) is 0 Å². The van der Waals surface area contributed by atoms with E-state index in [0.29, 0.717) is 0 Å². The number of fused-ring (bicyclic) bond motifs is 6. The van der Waals surface area contributed by atoms with E-state index in [-0.39, 0.29) is 32.8 Å². The summed E-state index contributed by atoms with van der Waals surface area (Å²) in [5, 5.41) is 12.7. The lowest BCUT2D eigenvalue weighted by Crippen LogP contribution is -2.30. The van der Waals surface area contributed by atoms with Crippen LogP contribution in [0, 0.1) is 0 Å². The lowest BCUT2D eigenvalue weighted by Gasteiger charge is -2.35. The SMILES string of the molecule is CC(C)(C)c1ccc(-n2c(-c3cc(C(C)(C)C)cc(C(C)(C)C)c3O)nc3c4c(ccc32)C(C)(C)C2=C4c3cc(-c4cc(-c5ccccc5)ccn4)ccc3C2(C)C)c(-c2ccccc2)c1. The molecule has 6 aromatic carbocycles. The van der Waals surface area contributed by atoms with Gasteiger partial charge >= 0.3 is 0 Å². The average molecular weight is 866 g/mol. The third-order valence-electron chi connectivity index (χ3n) is 14.6. The number of pyridine rings is 1. The van der Waals surface area contributed by atoms with Gasteiger partial charge < -0.3 is 5.11 Å². The Morgan fingerprint density at radius 1 is 0.515 bits per heavy atom. The van der Waals surface area contributed by atoms with Crippen LogP contribution in [0.3, 0.4) is 0 Å². The summed E-state index contributed by atoms with van der Waals surface area (Å²) in [6, 6.07) is 48.5. The maximum Gasteiger partial charge on any atom is 0.149 e. The lowest BCUT2D eigenvalue weighted by atomic mass is 9.68. The second-order valence-electron chi connectivity index (χ2n) is 23.0. The minimum absolute atomic E-state index is 0.0714. The third kappa shape index (κ3) is 6.78. The highest BCUT2D eigenvalue weighted by molar-refractivity contribution is 6.06. The number of rotatable bonds is 5. The van der Waals surface area contributed by atoms with Crippen LogP contribution >= 0.6 is 0 Å². The molecule has 4 nitrogen and oxygen atoms in total. The zero-order chi connectivity index (χ0) is 46.9. The van der Waals surface area contributed by atoms with Crippen molar-refractivity contribution < 1.29 is 5.11 Å². The van der Waals surface area contributed by atoms with E-state index in [2.05, 4.69) is 228 Å². The minimum Gasteiger partial charge on any atom is -0.507 e. The molecule has 0 saturated carbocycles. The molecule has 2 aliphatic carbocycles. The molecule has 0 aliphatic heterocycles. The Hall–Kier alpha value is -6.52. The summed E-state index contributed by atoms with van der Waals surface area (Å²) < 4.78 is 2.35. The Morgan fingerprint density at radius 3 is 1.79 bits per heavy atom. The van der Waals surface area contributed by atoms with E-state index in [4.69, 9.17) is 9.97 Å². The number of allylic oxidation sites excluding steroid dienone is 1. The molecule has 0 radical (unpaired) electrons. The number of hydrogen-bond acceptors (Lipinski definition) is 3. The number of benzene rings is 6. The largest absolute Gasteiger partial charge is 0.507 e. The van der Waals surface area contributed by atoms with Gasteiger partial charge in [-0.2, -0.15) is 0 Å². The van der Waals surface area contributed by atoms with Crippen molar-refractivity contribution in [1.29, 1.82) is 0 Å². The lowest BCUT2D eigenvalue weighted by molar-refractivity contribution is 0.446. The van der Waals surface area contributed by atoms with Crippen LogP contribution in [0.25, 0.3) is 67.2 Å². The highest BCUT2D eigenvalue weighted by Crippen LogP contribution is 2.63. The first-order valence-electron chi connectivity index (χ1n) is 23.6. The molecular weight excluding hydrogens is 803 g/mol. The van der Waals surface area contributed by atoms with Crippen molar-refractivity contribution in [3.8, 4) is 56.3 Å². The maximum atomic E-state index is 12.7. The molecule has 0 amide bonds. The molecule has 0 atom stereocenters. The number of hydrogen-bond donors (Lipinski definition) is 1. The molecule has 0 unspecified atom stereocenters. The van der Waals surface area contributed by atoms with E-state index >= 15 is 0 Å². The smallest absolute Gasteiger partial charge is 0.149 e. The van der Waals surface area contributed by atoms with Gasteiger partial charge in [-0.05, 0) is 114 Å². The molecule has 0 saturated heterocycles. The number of nitrogens with zero attached hydrogens (tertiary/aromatic N) is 3. The van der Waals surface area contributed by atoms with E-state index in [1.807, 2.05) is 6.20 Å². The number of aromatic nitrogens is 3. The summed E-state index contributed by atoms with van der Waals surface area (Å²) in [5.74, 6) is 1.01. The van der Waals surface area contributed by atoms with Crippen LogP contribution in [-0.4, -0.2) is 19.6 Å². The molecule has 66 heavy (non-hydrogen) atoms. The van der Waals surface area contributed by atoms with Crippen molar-refractivity contribution in [2.75, 3.05) is 0 Å². The predicted molar refractivity (Wildman–Crippen MR) is 277 cm³/mol. The molecule has 332 valence electrons. The van der Waals surface area contributed by atoms with Crippen molar-refractivity contribution in [1.82, 2.24) is 14.5 Å². The van der Waals surface area contributed by atoms with Crippen LogP contribution in [0.15, 0.2) is 145 Å². The van der Waals surface area contributed by atoms with Gasteiger partial charge in [0.1, 0.15) is 11.6 Å². The summed E-state index contributed by atoms with van der Waals surface area (Å²) in [4.78, 5) is 10.8. The Morgan fingerprint density at radius 2 is 1.14 bits per heavy atom. The molecule has 8 aromatic rings. The molecule has 2 aliphatic rings. The van der Waals surface area contributed by atoms with Crippen molar-refractivity contribution in [3.05, 3.63) is 184 Å². The van der Waals surface area contributed by atoms with Crippen LogP contribution in [0.2, 0.25) is 0 Å². The highest BCUT2D eigenvalue weighted by atomic mass is 16.3. The van der Waals surface area contributed by atoms with Crippen LogP contribution in [0.4, 0.5) is 0 Å². The maximum absolute atomic E-state index is 12.7. The van der Waals surface area contributed by atoms with E-state index in [9.17, 15) is 5.11 Å². The molecule has 2 aromatic heterocycles. The zero-order valence-electron chi connectivity index (χ0n) is 41.1. The van der Waals surface area contributed by atoms with Gasteiger partial charge in [-0.3, -0.25) is 9.55 Å². The summed E-state index contributed by atoms with van der Waals surface area (Å²) in [5.41, 5.74) is 20.2. The van der Waals surface area contributed by atoms with Gasteiger partial charge in [0.15, 0.2) is 0 Å². The molecule has 2 heterocycles. The summed E-state index contributed by atoms with van der Waals surface area (Å²) in [6.07, 6.45) is 1.93. The van der Waals surface area contributed by atoms with Crippen LogP contribution < -0.4 is 0 Å². The molecule has 0 fully saturated rings. The van der Waals surface area contributed by atoms with Crippen molar-refractivity contribution in [2.24, 2.45) is 0 Å². The second kappa shape index (κ2) is 14.7. The van der Waals surface area contributed by atoms with Gasteiger partial charge in [-0.25, -0.2) is 4.98 Å². The first-order chi connectivity index (χ1) is 31.1. The Kier molecular flexibility index (Phi) is 9.69. The Labute approximate surface area is 392 Å². The normalized spacial score (nSPS) is 15.3. The number of aromatic hydroxyl groups is 1. The van der Waals surface area contributed by atoms with Gasteiger partial charge in [-0.15, -0.1) is 0 Å². The molecule has 0 spiro atoms.